The number of oxazole rings is 1. The zero-order chi connectivity index (χ0) is 16.5. The average molecular weight is 322 g/mol. The predicted octanol–water partition coefficient (Wildman–Crippen LogP) is 3.99. The molecule has 1 aliphatic rings. The van der Waals surface area contributed by atoms with E-state index in [1.54, 1.807) is 35.2 Å². The van der Waals surface area contributed by atoms with Crippen LogP contribution in [0, 0.1) is 5.82 Å². The lowest BCUT2D eigenvalue weighted by Crippen LogP contribution is -2.42. The average Bonchev–Trinajstić information content (AvgIpc) is 3.03. The second kappa shape index (κ2) is 5.92. The fraction of sp³-hybridized carbons (Fsp3) is 0.158. The van der Waals surface area contributed by atoms with Crippen LogP contribution in [0.4, 0.5) is 4.39 Å². The monoisotopic (exact) mass is 322 g/mol. The van der Waals surface area contributed by atoms with E-state index in [9.17, 15) is 9.18 Å². The number of amides is 1. The first-order chi connectivity index (χ1) is 11.7. The first kappa shape index (κ1) is 14.6. The number of hydrogen-bond donors (Lipinski definition) is 0. The first-order valence-electron chi connectivity index (χ1n) is 7.83. The number of hydrogen-bond acceptors (Lipinski definition) is 3. The number of carbonyl (C=O) groups excluding carboxylic acids is 1. The lowest BCUT2D eigenvalue weighted by atomic mass is 10.0. The number of aromatic nitrogens is 1. The van der Waals surface area contributed by atoms with Crippen LogP contribution in [0.1, 0.15) is 16.8 Å². The summed E-state index contributed by atoms with van der Waals surface area (Å²) in [7, 11) is 0. The third kappa shape index (κ3) is 2.48. The van der Waals surface area contributed by atoms with Crippen LogP contribution in [-0.2, 0) is 0 Å². The molecule has 2 aromatic carbocycles. The summed E-state index contributed by atoms with van der Waals surface area (Å²) in [5.41, 5.74) is 1.53. The van der Waals surface area contributed by atoms with Gasteiger partial charge in [0.2, 0.25) is 5.89 Å². The van der Waals surface area contributed by atoms with Crippen molar-refractivity contribution in [2.75, 3.05) is 13.1 Å². The van der Waals surface area contributed by atoms with E-state index in [1.165, 1.54) is 12.3 Å². The van der Waals surface area contributed by atoms with Gasteiger partial charge in [0.1, 0.15) is 5.82 Å². The Bertz CT molecular complexity index is 900. The Hall–Kier alpha value is -2.95. The van der Waals surface area contributed by atoms with Crippen LogP contribution in [0.15, 0.2) is 59.1 Å². The van der Waals surface area contributed by atoms with Gasteiger partial charge in [-0.25, -0.2) is 9.37 Å². The van der Waals surface area contributed by atoms with Crippen LogP contribution in [0.25, 0.3) is 22.8 Å². The summed E-state index contributed by atoms with van der Waals surface area (Å²) >= 11 is 0. The molecule has 1 aliphatic heterocycles. The minimum atomic E-state index is -0.370. The van der Waals surface area contributed by atoms with E-state index in [0.29, 0.717) is 28.3 Å². The van der Waals surface area contributed by atoms with E-state index in [4.69, 9.17) is 4.42 Å². The van der Waals surface area contributed by atoms with Crippen molar-refractivity contribution in [2.45, 2.75) is 6.42 Å². The number of halogens is 1. The lowest BCUT2D eigenvalue weighted by Gasteiger charge is -2.31. The molecular formula is C19H15FN2O2. The first-order valence-corrected chi connectivity index (χ1v) is 7.83. The number of carbonyl (C=O) groups is 1. The summed E-state index contributed by atoms with van der Waals surface area (Å²) < 4.78 is 19.6. The fourth-order valence-electron chi connectivity index (χ4n) is 2.73. The Morgan fingerprint density at radius 1 is 1.04 bits per heavy atom. The largest absolute Gasteiger partial charge is 0.436 e. The molecule has 0 atom stereocenters. The molecule has 1 amide bonds. The molecule has 0 unspecified atom stereocenters. The Labute approximate surface area is 138 Å². The summed E-state index contributed by atoms with van der Waals surface area (Å²) in [6.45, 7) is 1.55. The second-order valence-corrected chi connectivity index (χ2v) is 5.70. The van der Waals surface area contributed by atoms with Gasteiger partial charge in [-0.1, -0.05) is 24.3 Å². The number of rotatable bonds is 3. The predicted molar refractivity (Wildman–Crippen MR) is 87.9 cm³/mol. The van der Waals surface area contributed by atoms with Crippen molar-refractivity contribution in [3.05, 3.63) is 66.1 Å². The highest BCUT2D eigenvalue weighted by molar-refractivity contribution is 6.00. The van der Waals surface area contributed by atoms with Gasteiger partial charge in [-0.05, 0) is 30.7 Å². The Balaban J connectivity index is 1.73. The van der Waals surface area contributed by atoms with Gasteiger partial charge >= 0.3 is 0 Å². The van der Waals surface area contributed by atoms with Crippen LogP contribution in [0.5, 0.6) is 0 Å². The number of benzene rings is 2. The Morgan fingerprint density at radius 2 is 1.75 bits per heavy atom. The highest BCUT2D eigenvalue weighted by Crippen LogP contribution is 2.30. The molecular weight excluding hydrogens is 307 g/mol. The van der Waals surface area contributed by atoms with Gasteiger partial charge in [0, 0.05) is 18.7 Å². The summed E-state index contributed by atoms with van der Waals surface area (Å²) in [5, 5.41) is 0. The van der Waals surface area contributed by atoms with Crippen molar-refractivity contribution in [1.29, 1.82) is 0 Å². The molecule has 5 heteroatoms. The second-order valence-electron chi connectivity index (χ2n) is 5.70. The number of likely N-dealkylation sites (tertiary alicyclic amines) is 1. The molecule has 0 spiro atoms. The van der Waals surface area contributed by atoms with E-state index in [2.05, 4.69) is 4.98 Å². The van der Waals surface area contributed by atoms with Gasteiger partial charge < -0.3 is 9.32 Å². The Morgan fingerprint density at radius 3 is 2.46 bits per heavy atom. The lowest BCUT2D eigenvalue weighted by molar-refractivity contribution is 0.0652. The third-order valence-electron chi connectivity index (χ3n) is 4.18. The van der Waals surface area contributed by atoms with E-state index in [0.717, 1.165) is 19.5 Å². The maximum Gasteiger partial charge on any atom is 0.254 e. The van der Waals surface area contributed by atoms with Crippen LogP contribution >= 0.6 is 0 Å². The molecule has 0 radical (unpaired) electrons. The molecule has 1 aromatic heterocycles. The minimum Gasteiger partial charge on any atom is -0.436 e. The molecule has 0 saturated carbocycles. The molecule has 0 bridgehead atoms. The van der Waals surface area contributed by atoms with Crippen molar-refractivity contribution >= 4 is 5.91 Å². The van der Waals surface area contributed by atoms with E-state index in [-0.39, 0.29) is 11.7 Å². The molecule has 0 aliphatic carbocycles. The molecule has 0 N–H and O–H groups in total. The highest BCUT2D eigenvalue weighted by Gasteiger charge is 2.25. The quantitative estimate of drug-likeness (QED) is 0.732. The standard InChI is InChI=1S/C19H15FN2O2/c20-16-9-4-3-8-15(16)17-12-21-18(24-17)13-6-1-2-7-14(13)19(23)22-10-5-11-22/h1-4,6-9,12H,5,10-11H2. The zero-order valence-electron chi connectivity index (χ0n) is 12.9. The zero-order valence-corrected chi connectivity index (χ0v) is 12.9. The Kier molecular flexibility index (Phi) is 3.61. The summed E-state index contributed by atoms with van der Waals surface area (Å²) in [6.07, 6.45) is 2.52. The van der Waals surface area contributed by atoms with E-state index >= 15 is 0 Å². The topological polar surface area (TPSA) is 46.3 Å². The molecule has 24 heavy (non-hydrogen) atoms. The normalized spacial score (nSPS) is 13.6. The fourth-order valence-corrected chi connectivity index (χ4v) is 2.73. The summed E-state index contributed by atoms with van der Waals surface area (Å²) in [6, 6.07) is 13.6. The van der Waals surface area contributed by atoms with Gasteiger partial charge in [0.25, 0.3) is 5.91 Å². The SMILES string of the molecule is O=C(c1ccccc1-c1ncc(-c2ccccc2F)o1)N1CCC1. The van der Waals surface area contributed by atoms with Crippen LogP contribution in [0.3, 0.4) is 0 Å². The smallest absolute Gasteiger partial charge is 0.254 e. The van der Waals surface area contributed by atoms with Gasteiger partial charge in [0.05, 0.1) is 17.3 Å². The van der Waals surface area contributed by atoms with Crippen molar-refractivity contribution in [2.24, 2.45) is 0 Å². The van der Waals surface area contributed by atoms with Crippen LogP contribution in [-0.4, -0.2) is 28.9 Å². The maximum atomic E-state index is 13.9. The van der Waals surface area contributed by atoms with Crippen molar-refractivity contribution in [3.8, 4) is 22.8 Å². The molecule has 1 fully saturated rings. The van der Waals surface area contributed by atoms with Gasteiger partial charge in [-0.2, -0.15) is 0 Å². The van der Waals surface area contributed by atoms with E-state index in [1.807, 2.05) is 12.1 Å². The molecule has 4 nitrogen and oxygen atoms in total. The highest BCUT2D eigenvalue weighted by atomic mass is 19.1. The summed E-state index contributed by atoms with van der Waals surface area (Å²) in [4.78, 5) is 18.6. The molecule has 2 heterocycles. The van der Waals surface area contributed by atoms with Crippen LogP contribution < -0.4 is 0 Å². The van der Waals surface area contributed by atoms with E-state index < -0.39 is 0 Å². The van der Waals surface area contributed by atoms with Crippen molar-refractivity contribution < 1.29 is 13.6 Å². The maximum absolute atomic E-state index is 13.9. The molecule has 3 aromatic rings. The third-order valence-corrected chi connectivity index (χ3v) is 4.18. The molecule has 120 valence electrons. The summed E-state index contributed by atoms with van der Waals surface area (Å²) in [5.74, 6) is 0.264. The molecule has 4 rings (SSSR count). The van der Waals surface area contributed by atoms with Crippen molar-refractivity contribution in [1.82, 2.24) is 9.88 Å². The van der Waals surface area contributed by atoms with Crippen molar-refractivity contribution in [3.63, 3.8) is 0 Å². The van der Waals surface area contributed by atoms with Gasteiger partial charge in [0.15, 0.2) is 5.76 Å². The van der Waals surface area contributed by atoms with Gasteiger partial charge in [-0.3, -0.25) is 4.79 Å². The molecule has 1 saturated heterocycles. The number of nitrogens with zero attached hydrogens (tertiary/aromatic N) is 2. The van der Waals surface area contributed by atoms with Crippen LogP contribution in [0.2, 0.25) is 0 Å². The van der Waals surface area contributed by atoms with Gasteiger partial charge in [-0.15, -0.1) is 0 Å². The minimum absolute atomic E-state index is 0.0255.